The Bertz CT molecular complexity index is 192. The smallest absolute Gasteiger partial charge is 0.237 e. The van der Waals surface area contributed by atoms with Crippen molar-refractivity contribution in [1.82, 2.24) is 10.2 Å². The van der Waals surface area contributed by atoms with E-state index in [0.29, 0.717) is 5.92 Å². The molecule has 0 aromatic heterocycles. The molecular formula is C11H22N2O. The second-order valence-electron chi connectivity index (χ2n) is 4.61. The van der Waals surface area contributed by atoms with Crippen LogP contribution in [0.25, 0.3) is 0 Å². The number of hydrogen-bond donors (Lipinski definition) is 1. The maximum absolute atomic E-state index is 11.7. The minimum atomic E-state index is 0.127. The molecule has 0 aromatic rings. The van der Waals surface area contributed by atoms with E-state index in [1.807, 2.05) is 7.05 Å². The molecule has 1 aliphatic rings. The van der Waals surface area contributed by atoms with Gasteiger partial charge >= 0.3 is 0 Å². The number of nitrogens with zero attached hydrogens (tertiary/aromatic N) is 1. The molecule has 0 unspecified atom stereocenters. The van der Waals surface area contributed by atoms with E-state index in [4.69, 9.17) is 0 Å². The van der Waals surface area contributed by atoms with Crippen LogP contribution >= 0.6 is 0 Å². The van der Waals surface area contributed by atoms with E-state index in [2.05, 4.69) is 24.1 Å². The number of hydrogen-bond acceptors (Lipinski definition) is 2. The summed E-state index contributed by atoms with van der Waals surface area (Å²) in [5, 5.41) is 3.01. The molecule has 0 bridgehead atoms. The van der Waals surface area contributed by atoms with Crippen LogP contribution in [0.15, 0.2) is 0 Å². The van der Waals surface area contributed by atoms with E-state index < -0.39 is 0 Å². The number of carbonyl (C=O) groups is 1. The van der Waals surface area contributed by atoms with Crippen LogP contribution in [0.1, 0.15) is 33.1 Å². The summed E-state index contributed by atoms with van der Waals surface area (Å²) < 4.78 is 0. The summed E-state index contributed by atoms with van der Waals surface area (Å²) >= 11 is 0. The number of amides is 1. The molecule has 1 saturated heterocycles. The van der Waals surface area contributed by atoms with Gasteiger partial charge in [0.1, 0.15) is 0 Å². The van der Waals surface area contributed by atoms with Crippen LogP contribution < -0.4 is 5.32 Å². The highest BCUT2D eigenvalue weighted by molar-refractivity contribution is 5.81. The van der Waals surface area contributed by atoms with Crippen LogP contribution in [-0.4, -0.2) is 37.0 Å². The average Bonchev–Trinajstić information content (AvgIpc) is 2.50. The fourth-order valence-electron chi connectivity index (χ4n) is 1.84. The topological polar surface area (TPSA) is 32.3 Å². The number of rotatable bonds is 4. The molecule has 1 aliphatic heterocycles. The van der Waals surface area contributed by atoms with Gasteiger partial charge in [-0.2, -0.15) is 0 Å². The maximum Gasteiger partial charge on any atom is 0.237 e. The van der Waals surface area contributed by atoms with Crippen molar-refractivity contribution in [2.75, 3.05) is 20.1 Å². The Hall–Kier alpha value is -0.570. The zero-order chi connectivity index (χ0) is 10.6. The Labute approximate surface area is 86.9 Å². The van der Waals surface area contributed by atoms with Gasteiger partial charge in [0.25, 0.3) is 0 Å². The van der Waals surface area contributed by atoms with Crippen LogP contribution in [0.2, 0.25) is 0 Å². The van der Waals surface area contributed by atoms with E-state index >= 15 is 0 Å². The molecule has 1 rings (SSSR count). The Morgan fingerprint density at radius 3 is 2.79 bits per heavy atom. The largest absolute Gasteiger partial charge is 0.355 e. The number of likely N-dealkylation sites (tertiary alicyclic amines) is 1. The first-order chi connectivity index (χ1) is 6.61. The van der Waals surface area contributed by atoms with Crippen molar-refractivity contribution >= 4 is 5.91 Å². The van der Waals surface area contributed by atoms with Crippen molar-refractivity contribution in [3.8, 4) is 0 Å². The van der Waals surface area contributed by atoms with Crippen LogP contribution in [0, 0.1) is 5.92 Å². The van der Waals surface area contributed by atoms with E-state index in [9.17, 15) is 4.79 Å². The molecule has 1 fully saturated rings. The summed E-state index contributed by atoms with van der Waals surface area (Å²) in [6, 6.07) is 0.127. The Morgan fingerprint density at radius 2 is 2.29 bits per heavy atom. The molecular weight excluding hydrogens is 176 g/mol. The first kappa shape index (κ1) is 11.5. The summed E-state index contributed by atoms with van der Waals surface area (Å²) in [5.41, 5.74) is 0. The molecule has 0 aromatic carbocycles. The monoisotopic (exact) mass is 198 g/mol. The summed E-state index contributed by atoms with van der Waals surface area (Å²) in [4.78, 5) is 13.8. The molecule has 0 radical (unpaired) electrons. The van der Waals surface area contributed by atoms with Crippen LogP contribution in [0.3, 0.4) is 0 Å². The van der Waals surface area contributed by atoms with Gasteiger partial charge in [-0.1, -0.05) is 13.8 Å². The predicted octanol–water partition coefficient (Wildman–Crippen LogP) is 1.24. The third-order valence-electron chi connectivity index (χ3n) is 2.84. The molecule has 0 aliphatic carbocycles. The molecule has 0 saturated carbocycles. The zero-order valence-electron chi connectivity index (χ0n) is 9.55. The van der Waals surface area contributed by atoms with E-state index in [0.717, 1.165) is 32.4 Å². The highest BCUT2D eigenvalue weighted by Gasteiger charge is 2.27. The SMILES string of the molecule is CC(C)CCNC(=O)[C@@H]1CCCN1C. The Kier molecular flexibility index (Phi) is 4.39. The van der Waals surface area contributed by atoms with Gasteiger partial charge in [0.05, 0.1) is 6.04 Å². The average molecular weight is 198 g/mol. The fraction of sp³-hybridized carbons (Fsp3) is 0.909. The Morgan fingerprint density at radius 1 is 1.57 bits per heavy atom. The predicted molar refractivity (Wildman–Crippen MR) is 58.1 cm³/mol. The van der Waals surface area contributed by atoms with Gasteiger partial charge in [-0.05, 0) is 38.8 Å². The van der Waals surface area contributed by atoms with E-state index in [1.165, 1.54) is 0 Å². The lowest BCUT2D eigenvalue weighted by atomic mass is 10.1. The summed E-state index contributed by atoms with van der Waals surface area (Å²) in [6.07, 6.45) is 3.24. The van der Waals surface area contributed by atoms with Gasteiger partial charge < -0.3 is 5.32 Å². The van der Waals surface area contributed by atoms with Crippen LogP contribution in [-0.2, 0) is 4.79 Å². The lowest BCUT2D eigenvalue weighted by molar-refractivity contribution is -0.125. The lowest BCUT2D eigenvalue weighted by Crippen LogP contribution is -2.41. The highest BCUT2D eigenvalue weighted by atomic mass is 16.2. The maximum atomic E-state index is 11.7. The number of likely N-dealkylation sites (N-methyl/N-ethyl adjacent to an activating group) is 1. The van der Waals surface area contributed by atoms with Crippen molar-refractivity contribution in [1.29, 1.82) is 0 Å². The fourth-order valence-corrected chi connectivity index (χ4v) is 1.84. The summed E-state index contributed by atoms with van der Waals surface area (Å²) in [7, 11) is 2.03. The second kappa shape index (κ2) is 5.35. The van der Waals surface area contributed by atoms with Crippen molar-refractivity contribution < 1.29 is 4.79 Å². The van der Waals surface area contributed by atoms with Crippen molar-refractivity contribution in [3.05, 3.63) is 0 Å². The molecule has 1 N–H and O–H groups in total. The second-order valence-corrected chi connectivity index (χ2v) is 4.61. The van der Waals surface area contributed by atoms with Gasteiger partial charge in [0.2, 0.25) is 5.91 Å². The molecule has 3 nitrogen and oxygen atoms in total. The lowest BCUT2D eigenvalue weighted by Gasteiger charge is -2.18. The van der Waals surface area contributed by atoms with E-state index in [1.54, 1.807) is 0 Å². The third-order valence-corrected chi connectivity index (χ3v) is 2.84. The molecule has 0 spiro atoms. The highest BCUT2D eigenvalue weighted by Crippen LogP contribution is 2.14. The number of nitrogens with one attached hydrogen (secondary N) is 1. The minimum Gasteiger partial charge on any atom is -0.355 e. The van der Waals surface area contributed by atoms with Gasteiger partial charge in [0.15, 0.2) is 0 Å². The molecule has 3 heteroatoms. The van der Waals surface area contributed by atoms with Crippen LogP contribution in [0.5, 0.6) is 0 Å². The van der Waals surface area contributed by atoms with Gasteiger partial charge in [-0.25, -0.2) is 0 Å². The quantitative estimate of drug-likeness (QED) is 0.737. The molecule has 82 valence electrons. The van der Waals surface area contributed by atoms with Crippen molar-refractivity contribution in [2.45, 2.75) is 39.2 Å². The first-order valence-electron chi connectivity index (χ1n) is 5.59. The van der Waals surface area contributed by atoms with Crippen molar-refractivity contribution in [3.63, 3.8) is 0 Å². The molecule has 1 amide bonds. The first-order valence-corrected chi connectivity index (χ1v) is 5.59. The Balaban J connectivity index is 2.21. The van der Waals surface area contributed by atoms with Crippen LogP contribution in [0.4, 0.5) is 0 Å². The summed E-state index contributed by atoms with van der Waals surface area (Å²) in [5.74, 6) is 0.877. The zero-order valence-corrected chi connectivity index (χ0v) is 9.55. The third kappa shape index (κ3) is 3.29. The number of carbonyl (C=O) groups excluding carboxylic acids is 1. The summed E-state index contributed by atoms with van der Waals surface area (Å²) in [6.45, 7) is 6.23. The molecule has 1 heterocycles. The van der Waals surface area contributed by atoms with Gasteiger partial charge in [-0.3, -0.25) is 9.69 Å². The standard InChI is InChI=1S/C11H22N2O/c1-9(2)6-7-12-11(14)10-5-4-8-13(10)3/h9-10H,4-8H2,1-3H3,(H,12,14)/t10-/m0/s1. The normalized spacial score (nSPS) is 23.0. The molecule has 1 atom stereocenters. The van der Waals surface area contributed by atoms with Crippen molar-refractivity contribution in [2.24, 2.45) is 5.92 Å². The van der Waals surface area contributed by atoms with E-state index in [-0.39, 0.29) is 11.9 Å². The molecule has 14 heavy (non-hydrogen) atoms. The minimum absolute atomic E-state index is 0.127. The van der Waals surface area contributed by atoms with Gasteiger partial charge in [0, 0.05) is 6.54 Å². The van der Waals surface area contributed by atoms with Gasteiger partial charge in [-0.15, -0.1) is 0 Å².